The Morgan fingerprint density at radius 1 is 0.967 bits per heavy atom. The fourth-order valence-corrected chi connectivity index (χ4v) is 4.35. The molecule has 154 valence electrons. The molecule has 0 aliphatic carbocycles. The van der Waals surface area contributed by atoms with E-state index in [1.807, 2.05) is 78.9 Å². The van der Waals surface area contributed by atoms with Crippen LogP contribution in [0.3, 0.4) is 0 Å². The summed E-state index contributed by atoms with van der Waals surface area (Å²) in [6.45, 7) is 3.24. The zero-order chi connectivity index (χ0) is 20.9. The minimum Gasteiger partial charge on any atom is -0.399 e. The summed E-state index contributed by atoms with van der Waals surface area (Å²) in [5.74, 6) is -0.440. The average Bonchev–Trinajstić information content (AvgIpc) is 2.76. The molecule has 1 fully saturated rings. The van der Waals surface area contributed by atoms with Crippen LogP contribution in [-0.4, -0.2) is 18.5 Å². The molecule has 0 spiro atoms. The Hall–Kier alpha value is -3.27. The number of hydrogen-bond acceptors (Lipinski definition) is 3. The van der Waals surface area contributed by atoms with Crippen molar-refractivity contribution in [3.05, 3.63) is 90.0 Å². The number of carbonyl (C=O) groups excluding carboxylic acids is 1. The second-order valence-corrected chi connectivity index (χ2v) is 8.06. The summed E-state index contributed by atoms with van der Waals surface area (Å²) >= 11 is 0. The van der Waals surface area contributed by atoms with E-state index < -0.39 is 0 Å². The molecule has 0 radical (unpaired) electrons. The second kappa shape index (κ2) is 9.04. The van der Waals surface area contributed by atoms with E-state index in [0.717, 1.165) is 35.5 Å². The molecule has 0 unspecified atom stereocenters. The molecule has 3 aromatic rings. The van der Waals surface area contributed by atoms with E-state index in [9.17, 15) is 4.79 Å². The summed E-state index contributed by atoms with van der Waals surface area (Å²) < 4.78 is 0. The molecule has 1 aliphatic rings. The van der Waals surface area contributed by atoms with E-state index >= 15 is 0 Å². The molecule has 1 saturated heterocycles. The molecular weight excluding hydrogens is 370 g/mol. The van der Waals surface area contributed by atoms with Gasteiger partial charge in [-0.1, -0.05) is 60.7 Å². The normalized spacial score (nSPS) is 16.5. The van der Waals surface area contributed by atoms with Gasteiger partial charge in [-0.3, -0.25) is 4.79 Å². The minimum atomic E-state index is -0.388. The topological polar surface area (TPSA) is 58.4 Å². The van der Waals surface area contributed by atoms with E-state index in [1.54, 1.807) is 0 Å². The quantitative estimate of drug-likeness (QED) is 0.563. The first-order valence-corrected chi connectivity index (χ1v) is 10.7. The minimum absolute atomic E-state index is 0.0519. The number of nitrogens with one attached hydrogen (secondary N) is 1. The van der Waals surface area contributed by atoms with E-state index in [4.69, 9.17) is 5.73 Å². The largest absolute Gasteiger partial charge is 0.399 e. The highest BCUT2D eigenvalue weighted by molar-refractivity contribution is 6.01. The Morgan fingerprint density at radius 2 is 1.60 bits per heavy atom. The molecular formula is C26H29N3O. The highest BCUT2D eigenvalue weighted by atomic mass is 16.1. The third-order valence-electron chi connectivity index (χ3n) is 5.92. The van der Waals surface area contributed by atoms with Crippen molar-refractivity contribution in [2.45, 2.75) is 38.1 Å². The van der Waals surface area contributed by atoms with Gasteiger partial charge in [-0.15, -0.1) is 0 Å². The number of nitrogens with two attached hydrogens (primary N) is 1. The number of nitrogens with zero attached hydrogens (tertiary/aromatic N) is 1. The molecule has 0 bridgehead atoms. The third kappa shape index (κ3) is 4.33. The van der Waals surface area contributed by atoms with Crippen molar-refractivity contribution in [2.24, 2.45) is 0 Å². The Labute approximate surface area is 178 Å². The third-order valence-corrected chi connectivity index (χ3v) is 5.92. The molecule has 4 nitrogen and oxygen atoms in total. The number of piperidine rings is 1. The Bertz CT molecular complexity index is 948. The van der Waals surface area contributed by atoms with Crippen LogP contribution >= 0.6 is 0 Å². The standard InChI is InChI=1S/C26H29N3O/c1-19-10-8-9-17-29(19)24-16-15-22(27)18-23(24)28-26(30)25(20-11-4-2-5-12-20)21-13-6-3-7-14-21/h2-7,11-16,18-19,25H,8-10,17,27H2,1H3,(H,28,30)/t19-/m1/s1. The van der Waals surface area contributed by atoms with Gasteiger partial charge in [0, 0.05) is 18.3 Å². The van der Waals surface area contributed by atoms with Gasteiger partial charge in [-0.05, 0) is 55.5 Å². The van der Waals surface area contributed by atoms with Gasteiger partial charge in [-0.25, -0.2) is 0 Å². The molecule has 1 aliphatic heterocycles. The van der Waals surface area contributed by atoms with E-state index in [0.29, 0.717) is 11.7 Å². The zero-order valence-electron chi connectivity index (χ0n) is 17.4. The van der Waals surface area contributed by atoms with Gasteiger partial charge in [0.05, 0.1) is 17.3 Å². The SMILES string of the molecule is C[C@@H]1CCCCN1c1ccc(N)cc1NC(=O)C(c1ccccc1)c1ccccc1. The van der Waals surface area contributed by atoms with Crippen LogP contribution in [0.5, 0.6) is 0 Å². The van der Waals surface area contributed by atoms with Gasteiger partial charge >= 0.3 is 0 Å². The molecule has 4 heteroatoms. The highest BCUT2D eigenvalue weighted by Crippen LogP contribution is 2.34. The number of nitrogen functional groups attached to an aromatic ring is 1. The van der Waals surface area contributed by atoms with Gasteiger partial charge in [-0.2, -0.15) is 0 Å². The monoisotopic (exact) mass is 399 g/mol. The molecule has 3 aromatic carbocycles. The summed E-state index contributed by atoms with van der Waals surface area (Å²) in [7, 11) is 0. The van der Waals surface area contributed by atoms with Crippen LogP contribution in [0.25, 0.3) is 0 Å². The maximum atomic E-state index is 13.6. The first-order chi connectivity index (χ1) is 14.6. The van der Waals surface area contributed by atoms with Crippen molar-refractivity contribution in [3.63, 3.8) is 0 Å². The van der Waals surface area contributed by atoms with Crippen molar-refractivity contribution in [2.75, 3.05) is 22.5 Å². The molecule has 1 atom stereocenters. The van der Waals surface area contributed by atoms with Gasteiger partial charge in [0.2, 0.25) is 5.91 Å². The van der Waals surface area contributed by atoms with Crippen LogP contribution in [0, 0.1) is 0 Å². The summed E-state index contributed by atoms with van der Waals surface area (Å²) in [5, 5.41) is 3.21. The summed E-state index contributed by atoms with van der Waals surface area (Å²) in [6, 6.07) is 26.1. The van der Waals surface area contributed by atoms with Crippen LogP contribution in [0.15, 0.2) is 78.9 Å². The Kier molecular flexibility index (Phi) is 6.03. The fraction of sp³-hybridized carbons (Fsp3) is 0.269. The fourth-order valence-electron chi connectivity index (χ4n) is 4.35. The first kappa shape index (κ1) is 20.0. The van der Waals surface area contributed by atoms with Gasteiger partial charge < -0.3 is 16.0 Å². The number of carbonyl (C=O) groups is 1. The predicted octanol–water partition coefficient (Wildman–Crippen LogP) is 5.42. The Morgan fingerprint density at radius 3 is 2.20 bits per heavy atom. The number of benzene rings is 3. The molecule has 30 heavy (non-hydrogen) atoms. The molecule has 0 saturated carbocycles. The van der Waals surface area contributed by atoms with Crippen molar-refractivity contribution >= 4 is 23.0 Å². The highest BCUT2D eigenvalue weighted by Gasteiger charge is 2.26. The van der Waals surface area contributed by atoms with E-state index in [2.05, 4.69) is 17.1 Å². The van der Waals surface area contributed by atoms with Gasteiger partial charge in [0.1, 0.15) is 0 Å². The molecule has 1 heterocycles. The lowest BCUT2D eigenvalue weighted by Crippen LogP contribution is -2.38. The van der Waals surface area contributed by atoms with Crippen LogP contribution in [0.4, 0.5) is 17.1 Å². The summed E-state index contributed by atoms with van der Waals surface area (Å²) in [4.78, 5) is 16.0. The second-order valence-electron chi connectivity index (χ2n) is 8.06. The maximum Gasteiger partial charge on any atom is 0.236 e. The summed E-state index contributed by atoms with van der Waals surface area (Å²) in [6.07, 6.45) is 3.57. The van der Waals surface area contributed by atoms with Crippen LogP contribution in [0.1, 0.15) is 43.2 Å². The van der Waals surface area contributed by atoms with E-state index in [1.165, 1.54) is 12.8 Å². The van der Waals surface area contributed by atoms with Crippen molar-refractivity contribution < 1.29 is 4.79 Å². The van der Waals surface area contributed by atoms with Crippen molar-refractivity contribution in [3.8, 4) is 0 Å². The van der Waals surface area contributed by atoms with Gasteiger partial charge in [0.15, 0.2) is 0 Å². The molecule has 0 aromatic heterocycles. The van der Waals surface area contributed by atoms with Crippen LogP contribution < -0.4 is 16.0 Å². The lowest BCUT2D eigenvalue weighted by molar-refractivity contribution is -0.116. The predicted molar refractivity (Wildman–Crippen MR) is 125 cm³/mol. The lowest BCUT2D eigenvalue weighted by Gasteiger charge is -2.36. The van der Waals surface area contributed by atoms with Gasteiger partial charge in [0.25, 0.3) is 0 Å². The zero-order valence-corrected chi connectivity index (χ0v) is 17.4. The molecule has 3 N–H and O–H groups in total. The van der Waals surface area contributed by atoms with Crippen LogP contribution in [-0.2, 0) is 4.79 Å². The van der Waals surface area contributed by atoms with Crippen molar-refractivity contribution in [1.82, 2.24) is 0 Å². The van der Waals surface area contributed by atoms with Crippen molar-refractivity contribution in [1.29, 1.82) is 0 Å². The first-order valence-electron chi connectivity index (χ1n) is 10.7. The summed E-state index contributed by atoms with van der Waals surface area (Å²) in [5.41, 5.74) is 10.5. The maximum absolute atomic E-state index is 13.6. The molecule has 1 amide bonds. The number of amides is 1. The van der Waals surface area contributed by atoms with E-state index in [-0.39, 0.29) is 11.8 Å². The number of anilines is 3. The Balaban J connectivity index is 1.68. The number of rotatable bonds is 5. The lowest BCUT2D eigenvalue weighted by atomic mass is 9.90. The average molecular weight is 400 g/mol. The van der Waals surface area contributed by atoms with Crippen LogP contribution in [0.2, 0.25) is 0 Å². The smallest absolute Gasteiger partial charge is 0.236 e. The molecule has 4 rings (SSSR count). The number of hydrogen-bond donors (Lipinski definition) is 2.